The molecule has 0 amide bonds. The van der Waals surface area contributed by atoms with Crippen LogP contribution in [0.2, 0.25) is 10.2 Å². The minimum atomic E-state index is -1.14. The lowest BCUT2D eigenvalue weighted by atomic mass is 10.1. The Morgan fingerprint density at radius 2 is 1.92 bits per heavy atom. The smallest absolute Gasteiger partial charge is 0.356 e. The second-order valence-electron chi connectivity index (χ2n) is 5.77. The van der Waals surface area contributed by atoms with Crippen molar-refractivity contribution in [2.24, 2.45) is 0 Å². The van der Waals surface area contributed by atoms with Crippen LogP contribution < -0.4 is 5.32 Å². The number of aromatic nitrogens is 4. The molecular weight excluding hydrogens is 377 g/mol. The Bertz CT molecular complexity index is 972. The second kappa shape index (κ2) is 7.31. The highest BCUT2D eigenvalue weighted by atomic mass is 35.5. The number of hydrogen-bond donors (Lipinski definition) is 2. The van der Waals surface area contributed by atoms with Crippen molar-refractivity contribution in [1.29, 1.82) is 0 Å². The molecule has 0 aliphatic heterocycles. The van der Waals surface area contributed by atoms with Gasteiger partial charge >= 0.3 is 5.97 Å². The molecule has 0 atom stereocenters. The van der Waals surface area contributed by atoms with Gasteiger partial charge in [-0.15, -0.1) is 0 Å². The zero-order chi connectivity index (χ0) is 18.8. The van der Waals surface area contributed by atoms with E-state index in [0.29, 0.717) is 22.0 Å². The molecule has 26 heavy (non-hydrogen) atoms. The number of nitrogens with one attached hydrogen (secondary N) is 1. The number of halogens is 2. The molecule has 3 aromatic rings. The minimum absolute atomic E-state index is 0.0715. The largest absolute Gasteiger partial charge is 0.476 e. The molecule has 7 nitrogen and oxygen atoms in total. The standard InChI is InChI=1S/C17H15Cl2N5O2/c1-9(2)20-15-13(10-5-3-4-6-11(10)18)14(19)21-17(22-15)24-8-7-12(23-24)16(25)26/h3-9H,1-2H3,(H,25,26)(H,20,21,22). The van der Waals surface area contributed by atoms with Crippen molar-refractivity contribution in [3.8, 4) is 17.1 Å². The molecule has 1 aromatic carbocycles. The summed E-state index contributed by atoms with van der Waals surface area (Å²) in [6.07, 6.45) is 1.46. The van der Waals surface area contributed by atoms with Gasteiger partial charge < -0.3 is 10.4 Å². The Morgan fingerprint density at radius 3 is 2.54 bits per heavy atom. The molecule has 2 heterocycles. The number of nitrogens with zero attached hydrogens (tertiary/aromatic N) is 4. The van der Waals surface area contributed by atoms with Crippen molar-refractivity contribution < 1.29 is 9.90 Å². The maximum atomic E-state index is 11.0. The van der Waals surface area contributed by atoms with E-state index in [1.165, 1.54) is 16.9 Å². The fourth-order valence-corrected chi connectivity index (χ4v) is 2.85. The van der Waals surface area contributed by atoms with Gasteiger partial charge in [0.2, 0.25) is 0 Å². The molecule has 0 saturated carbocycles. The lowest BCUT2D eigenvalue weighted by molar-refractivity contribution is 0.0690. The third-order valence-electron chi connectivity index (χ3n) is 3.43. The monoisotopic (exact) mass is 391 g/mol. The Hall–Kier alpha value is -2.64. The third-order valence-corrected chi connectivity index (χ3v) is 4.04. The molecule has 9 heteroatoms. The van der Waals surface area contributed by atoms with Crippen molar-refractivity contribution >= 4 is 35.0 Å². The Morgan fingerprint density at radius 1 is 1.19 bits per heavy atom. The summed E-state index contributed by atoms with van der Waals surface area (Å²) in [4.78, 5) is 19.8. The molecule has 0 aliphatic carbocycles. The first kappa shape index (κ1) is 18.2. The summed E-state index contributed by atoms with van der Waals surface area (Å²) in [5, 5.41) is 16.9. The van der Waals surface area contributed by atoms with E-state index in [1.807, 2.05) is 32.0 Å². The van der Waals surface area contributed by atoms with E-state index < -0.39 is 5.97 Å². The van der Waals surface area contributed by atoms with Gasteiger partial charge in [0, 0.05) is 22.8 Å². The third kappa shape index (κ3) is 3.63. The first-order valence-electron chi connectivity index (χ1n) is 7.75. The molecule has 0 bridgehead atoms. The Kier molecular flexibility index (Phi) is 5.11. The summed E-state index contributed by atoms with van der Waals surface area (Å²) in [5.41, 5.74) is 1.15. The average Bonchev–Trinajstić information content (AvgIpc) is 3.05. The fourth-order valence-electron chi connectivity index (χ4n) is 2.35. The van der Waals surface area contributed by atoms with Crippen LogP contribution in [-0.4, -0.2) is 36.9 Å². The number of hydrogen-bond acceptors (Lipinski definition) is 5. The SMILES string of the molecule is CC(C)Nc1nc(-n2ccc(C(=O)O)n2)nc(Cl)c1-c1ccccc1Cl. The molecule has 0 spiro atoms. The lowest BCUT2D eigenvalue weighted by Gasteiger charge is -2.17. The predicted molar refractivity (Wildman–Crippen MR) is 100 cm³/mol. The summed E-state index contributed by atoms with van der Waals surface area (Å²) in [6.45, 7) is 3.92. The van der Waals surface area contributed by atoms with Crippen molar-refractivity contribution in [2.45, 2.75) is 19.9 Å². The fraction of sp³-hybridized carbons (Fsp3) is 0.176. The Balaban J connectivity index is 2.17. The first-order chi connectivity index (χ1) is 12.4. The highest BCUT2D eigenvalue weighted by Crippen LogP contribution is 2.37. The van der Waals surface area contributed by atoms with Gasteiger partial charge in [0.1, 0.15) is 11.0 Å². The van der Waals surface area contributed by atoms with Crippen LogP contribution >= 0.6 is 23.2 Å². The zero-order valence-corrected chi connectivity index (χ0v) is 15.5. The highest BCUT2D eigenvalue weighted by Gasteiger charge is 2.19. The van der Waals surface area contributed by atoms with Gasteiger partial charge in [-0.1, -0.05) is 41.4 Å². The van der Waals surface area contributed by atoms with Gasteiger partial charge in [0.15, 0.2) is 5.69 Å². The van der Waals surface area contributed by atoms with Crippen LogP contribution in [-0.2, 0) is 0 Å². The van der Waals surface area contributed by atoms with Crippen LogP contribution in [0.5, 0.6) is 0 Å². The molecule has 2 aromatic heterocycles. The van der Waals surface area contributed by atoms with E-state index in [4.69, 9.17) is 28.3 Å². The number of anilines is 1. The molecule has 2 N–H and O–H groups in total. The maximum absolute atomic E-state index is 11.0. The molecule has 0 aliphatic rings. The number of carboxylic acid groups (broad SMARTS) is 1. The molecule has 0 unspecified atom stereocenters. The van der Waals surface area contributed by atoms with Crippen molar-refractivity contribution in [2.75, 3.05) is 5.32 Å². The Labute approximate surface area is 159 Å². The summed E-state index contributed by atoms with van der Waals surface area (Å²) >= 11 is 12.7. The lowest BCUT2D eigenvalue weighted by Crippen LogP contribution is -2.15. The van der Waals surface area contributed by atoms with E-state index in [-0.39, 0.29) is 22.8 Å². The number of rotatable bonds is 5. The molecule has 0 fully saturated rings. The van der Waals surface area contributed by atoms with Crippen molar-refractivity contribution in [3.63, 3.8) is 0 Å². The number of carbonyl (C=O) groups is 1. The van der Waals surface area contributed by atoms with Crippen LogP contribution in [0.15, 0.2) is 36.5 Å². The first-order valence-corrected chi connectivity index (χ1v) is 8.50. The van der Waals surface area contributed by atoms with Crippen LogP contribution in [0.4, 0.5) is 5.82 Å². The molecule has 0 saturated heterocycles. The molecule has 0 radical (unpaired) electrons. The van der Waals surface area contributed by atoms with Crippen LogP contribution in [0.3, 0.4) is 0 Å². The number of benzene rings is 1. The summed E-state index contributed by atoms with van der Waals surface area (Å²) in [7, 11) is 0. The summed E-state index contributed by atoms with van der Waals surface area (Å²) in [6, 6.07) is 8.68. The van der Waals surface area contributed by atoms with E-state index in [1.54, 1.807) is 6.07 Å². The molecule has 134 valence electrons. The van der Waals surface area contributed by atoms with Gasteiger partial charge in [-0.3, -0.25) is 0 Å². The van der Waals surface area contributed by atoms with E-state index in [0.717, 1.165) is 0 Å². The van der Waals surface area contributed by atoms with Crippen molar-refractivity contribution in [1.82, 2.24) is 19.7 Å². The number of carboxylic acids is 1. The second-order valence-corrected chi connectivity index (χ2v) is 6.53. The van der Waals surface area contributed by atoms with E-state index >= 15 is 0 Å². The normalized spacial score (nSPS) is 11.0. The average molecular weight is 392 g/mol. The maximum Gasteiger partial charge on any atom is 0.356 e. The minimum Gasteiger partial charge on any atom is -0.476 e. The van der Waals surface area contributed by atoms with E-state index in [2.05, 4.69) is 20.4 Å². The van der Waals surface area contributed by atoms with Crippen LogP contribution in [0, 0.1) is 0 Å². The summed E-state index contributed by atoms with van der Waals surface area (Å²) < 4.78 is 1.26. The quantitative estimate of drug-likeness (QED) is 0.634. The highest BCUT2D eigenvalue weighted by molar-refractivity contribution is 6.36. The van der Waals surface area contributed by atoms with Gasteiger partial charge in [0.25, 0.3) is 5.95 Å². The zero-order valence-electron chi connectivity index (χ0n) is 13.9. The topological polar surface area (TPSA) is 92.9 Å². The molecular formula is C17H15Cl2N5O2. The van der Waals surface area contributed by atoms with Crippen molar-refractivity contribution in [3.05, 3.63) is 52.4 Å². The van der Waals surface area contributed by atoms with Gasteiger partial charge in [-0.2, -0.15) is 15.1 Å². The van der Waals surface area contributed by atoms with Gasteiger partial charge in [-0.25, -0.2) is 9.48 Å². The summed E-state index contributed by atoms with van der Waals surface area (Å²) in [5.74, 6) is -0.500. The predicted octanol–water partition coefficient (Wildman–Crippen LogP) is 4.15. The molecule has 3 rings (SSSR count). The van der Waals surface area contributed by atoms with Gasteiger partial charge in [-0.05, 0) is 26.0 Å². The van der Waals surface area contributed by atoms with Gasteiger partial charge in [0.05, 0.1) is 5.56 Å². The van der Waals surface area contributed by atoms with Crippen LogP contribution in [0.25, 0.3) is 17.1 Å². The van der Waals surface area contributed by atoms with Crippen LogP contribution in [0.1, 0.15) is 24.3 Å². The number of aromatic carboxylic acids is 1. The van der Waals surface area contributed by atoms with E-state index in [9.17, 15) is 4.79 Å².